The number of hydrogen-bond donors (Lipinski definition) is 2. The van der Waals surface area contributed by atoms with E-state index in [-0.39, 0.29) is 11.8 Å². The quantitative estimate of drug-likeness (QED) is 0.739. The molecule has 6 nitrogen and oxygen atoms in total. The van der Waals surface area contributed by atoms with Crippen molar-refractivity contribution in [2.45, 2.75) is 0 Å². The van der Waals surface area contributed by atoms with Gasteiger partial charge in [-0.25, -0.2) is 0 Å². The third-order valence-electron chi connectivity index (χ3n) is 3.65. The number of carbonyl (C=O) groups is 2. The molecule has 0 aliphatic heterocycles. The van der Waals surface area contributed by atoms with Crippen LogP contribution in [0.5, 0.6) is 5.75 Å². The van der Waals surface area contributed by atoms with E-state index in [2.05, 4.69) is 15.6 Å². The summed E-state index contributed by atoms with van der Waals surface area (Å²) in [6, 6.07) is 17.3. The first-order valence-corrected chi connectivity index (χ1v) is 7.93. The van der Waals surface area contributed by atoms with Crippen molar-refractivity contribution in [2.75, 3.05) is 17.7 Å². The molecule has 0 spiro atoms. The molecule has 3 rings (SSSR count). The van der Waals surface area contributed by atoms with E-state index in [4.69, 9.17) is 4.74 Å². The van der Waals surface area contributed by atoms with Crippen LogP contribution >= 0.6 is 0 Å². The van der Waals surface area contributed by atoms with E-state index in [1.807, 2.05) is 0 Å². The minimum atomic E-state index is -0.293. The highest BCUT2D eigenvalue weighted by atomic mass is 16.5. The first kappa shape index (κ1) is 17.2. The van der Waals surface area contributed by atoms with Crippen molar-refractivity contribution in [3.63, 3.8) is 0 Å². The fourth-order valence-electron chi connectivity index (χ4n) is 2.41. The number of aromatic nitrogens is 1. The Hall–Kier alpha value is -3.67. The number of hydrogen-bond acceptors (Lipinski definition) is 4. The maximum absolute atomic E-state index is 12.5. The Morgan fingerprint density at radius 2 is 1.62 bits per heavy atom. The zero-order chi connectivity index (χ0) is 18.4. The molecule has 0 saturated heterocycles. The van der Waals surface area contributed by atoms with Crippen molar-refractivity contribution >= 4 is 23.2 Å². The lowest BCUT2D eigenvalue weighted by atomic mass is 10.1. The molecule has 0 aliphatic carbocycles. The molecule has 130 valence electrons. The molecule has 0 saturated carbocycles. The Labute approximate surface area is 150 Å². The second-order valence-corrected chi connectivity index (χ2v) is 5.43. The molecule has 6 heteroatoms. The minimum absolute atomic E-state index is 0.272. The summed E-state index contributed by atoms with van der Waals surface area (Å²) in [5.41, 5.74) is 2.01. The summed E-state index contributed by atoms with van der Waals surface area (Å²) in [5, 5.41) is 5.58. The van der Waals surface area contributed by atoms with E-state index in [0.717, 1.165) is 0 Å². The third-order valence-corrected chi connectivity index (χ3v) is 3.65. The molecule has 1 heterocycles. The molecule has 0 atom stereocenters. The zero-order valence-corrected chi connectivity index (χ0v) is 14.1. The Bertz CT molecular complexity index is 926. The van der Waals surface area contributed by atoms with Crippen LogP contribution in [0, 0.1) is 0 Å². The summed E-state index contributed by atoms with van der Waals surface area (Å²) >= 11 is 0. The summed E-state index contributed by atoms with van der Waals surface area (Å²) in [6.07, 6.45) is 3.09. The van der Waals surface area contributed by atoms with Gasteiger partial charge in [0.1, 0.15) is 5.75 Å². The number of ether oxygens (including phenoxy) is 1. The van der Waals surface area contributed by atoms with Crippen LogP contribution < -0.4 is 15.4 Å². The number of benzene rings is 2. The summed E-state index contributed by atoms with van der Waals surface area (Å²) in [7, 11) is 1.51. The minimum Gasteiger partial charge on any atom is -0.496 e. The van der Waals surface area contributed by atoms with Gasteiger partial charge in [0.25, 0.3) is 11.8 Å². The second-order valence-electron chi connectivity index (χ2n) is 5.43. The van der Waals surface area contributed by atoms with E-state index >= 15 is 0 Å². The maximum atomic E-state index is 12.5. The molecule has 1 aromatic heterocycles. The molecule has 2 N–H and O–H groups in total. The van der Waals surface area contributed by atoms with Gasteiger partial charge >= 0.3 is 0 Å². The molecular weight excluding hydrogens is 330 g/mol. The normalized spacial score (nSPS) is 10.0. The van der Waals surface area contributed by atoms with E-state index < -0.39 is 0 Å². The number of rotatable bonds is 5. The van der Waals surface area contributed by atoms with E-state index in [1.165, 1.54) is 13.3 Å². The van der Waals surface area contributed by atoms with Crippen LogP contribution in [-0.2, 0) is 0 Å². The van der Waals surface area contributed by atoms with Crippen molar-refractivity contribution < 1.29 is 14.3 Å². The summed E-state index contributed by atoms with van der Waals surface area (Å²) in [4.78, 5) is 28.6. The van der Waals surface area contributed by atoms with Gasteiger partial charge in [-0.15, -0.1) is 0 Å². The van der Waals surface area contributed by atoms with E-state index in [1.54, 1.807) is 66.9 Å². The molecule has 26 heavy (non-hydrogen) atoms. The maximum Gasteiger partial charge on any atom is 0.259 e. The number of pyridine rings is 1. The second kappa shape index (κ2) is 7.94. The highest BCUT2D eigenvalue weighted by molar-refractivity contribution is 6.07. The Balaban J connectivity index is 1.73. The number of carbonyl (C=O) groups excluding carboxylic acids is 2. The molecular formula is C20H17N3O3. The SMILES string of the molecule is COc1ccccc1C(=O)Nc1cccc(NC(=O)c2cccnc2)c1. The molecule has 0 fully saturated rings. The van der Waals surface area contributed by atoms with Crippen molar-refractivity contribution in [2.24, 2.45) is 0 Å². The highest BCUT2D eigenvalue weighted by Crippen LogP contribution is 2.21. The summed E-state index contributed by atoms with van der Waals surface area (Å²) in [6.45, 7) is 0. The number of amides is 2. The lowest BCUT2D eigenvalue weighted by Gasteiger charge is -2.11. The number of methoxy groups -OCH3 is 1. The fraction of sp³-hybridized carbons (Fsp3) is 0.0500. The van der Waals surface area contributed by atoms with Gasteiger partial charge in [0, 0.05) is 23.8 Å². The van der Waals surface area contributed by atoms with Crippen molar-refractivity contribution in [1.29, 1.82) is 0 Å². The van der Waals surface area contributed by atoms with Crippen LogP contribution in [0.15, 0.2) is 73.1 Å². The molecule has 2 amide bonds. The number of nitrogens with one attached hydrogen (secondary N) is 2. The van der Waals surface area contributed by atoms with Crippen LogP contribution in [0.1, 0.15) is 20.7 Å². The van der Waals surface area contributed by atoms with Crippen LogP contribution in [0.3, 0.4) is 0 Å². The van der Waals surface area contributed by atoms with Crippen molar-refractivity contribution in [3.8, 4) is 5.75 Å². The number of nitrogens with zero attached hydrogens (tertiary/aromatic N) is 1. The monoisotopic (exact) mass is 347 g/mol. The van der Waals surface area contributed by atoms with Crippen LogP contribution in [0.4, 0.5) is 11.4 Å². The average Bonchev–Trinajstić information content (AvgIpc) is 2.69. The lowest BCUT2D eigenvalue weighted by Crippen LogP contribution is -2.14. The molecule has 0 aliphatic rings. The molecule has 0 bridgehead atoms. The largest absolute Gasteiger partial charge is 0.496 e. The number of para-hydroxylation sites is 1. The average molecular weight is 347 g/mol. The summed E-state index contributed by atoms with van der Waals surface area (Å²) < 4.78 is 5.21. The van der Waals surface area contributed by atoms with E-state index in [0.29, 0.717) is 28.3 Å². The molecule has 0 radical (unpaired) electrons. The topological polar surface area (TPSA) is 80.3 Å². The van der Waals surface area contributed by atoms with E-state index in [9.17, 15) is 9.59 Å². The zero-order valence-electron chi connectivity index (χ0n) is 14.1. The molecule has 0 unspecified atom stereocenters. The van der Waals surface area contributed by atoms with Crippen molar-refractivity contribution in [1.82, 2.24) is 4.98 Å². The van der Waals surface area contributed by atoms with Gasteiger partial charge in [-0.2, -0.15) is 0 Å². The van der Waals surface area contributed by atoms with Gasteiger partial charge in [-0.3, -0.25) is 14.6 Å². The van der Waals surface area contributed by atoms with Gasteiger partial charge < -0.3 is 15.4 Å². The fourth-order valence-corrected chi connectivity index (χ4v) is 2.41. The standard InChI is InChI=1S/C20H17N3O3/c1-26-18-10-3-2-9-17(18)20(25)23-16-8-4-7-15(12-16)22-19(24)14-6-5-11-21-13-14/h2-13H,1H3,(H,22,24)(H,23,25). The van der Waals surface area contributed by atoms with Gasteiger partial charge in [-0.1, -0.05) is 18.2 Å². The summed E-state index contributed by atoms with van der Waals surface area (Å²) in [5.74, 6) is -0.0736. The Kier molecular flexibility index (Phi) is 5.24. The first-order valence-electron chi connectivity index (χ1n) is 7.93. The van der Waals surface area contributed by atoms with Gasteiger partial charge in [0.15, 0.2) is 0 Å². The van der Waals surface area contributed by atoms with Crippen LogP contribution in [0.2, 0.25) is 0 Å². The van der Waals surface area contributed by atoms with Gasteiger partial charge in [0.2, 0.25) is 0 Å². The Morgan fingerprint density at radius 1 is 0.885 bits per heavy atom. The predicted octanol–water partition coefficient (Wildman–Crippen LogP) is 3.59. The predicted molar refractivity (Wildman–Crippen MR) is 99.6 cm³/mol. The smallest absolute Gasteiger partial charge is 0.259 e. The van der Waals surface area contributed by atoms with Crippen LogP contribution in [0.25, 0.3) is 0 Å². The Morgan fingerprint density at radius 3 is 2.31 bits per heavy atom. The lowest BCUT2D eigenvalue weighted by molar-refractivity contribution is 0.101. The van der Waals surface area contributed by atoms with Crippen molar-refractivity contribution in [3.05, 3.63) is 84.2 Å². The van der Waals surface area contributed by atoms with Gasteiger partial charge in [0.05, 0.1) is 18.2 Å². The highest BCUT2D eigenvalue weighted by Gasteiger charge is 2.12. The number of anilines is 2. The molecule has 3 aromatic rings. The third kappa shape index (κ3) is 4.05. The van der Waals surface area contributed by atoms with Crippen LogP contribution in [-0.4, -0.2) is 23.9 Å². The van der Waals surface area contributed by atoms with Gasteiger partial charge in [-0.05, 0) is 42.5 Å². The molecule has 2 aromatic carbocycles. The first-order chi connectivity index (χ1) is 12.7.